The number of alkyl halides is 3. The van der Waals surface area contributed by atoms with Crippen molar-refractivity contribution in [3.8, 4) is 6.07 Å². The van der Waals surface area contributed by atoms with Crippen molar-refractivity contribution in [2.75, 3.05) is 6.61 Å². The minimum Gasteiger partial charge on any atom is -0.466 e. The smallest absolute Gasteiger partial charge is 0.416 e. The summed E-state index contributed by atoms with van der Waals surface area (Å²) in [7, 11) is 0. The zero-order valence-electron chi connectivity index (χ0n) is 10.2. The van der Waals surface area contributed by atoms with E-state index in [1.807, 2.05) is 6.07 Å². The summed E-state index contributed by atoms with van der Waals surface area (Å²) in [5.74, 6) is -1.35. The lowest BCUT2D eigenvalue weighted by Gasteiger charge is -2.11. The SMILES string of the molecule is CCOC(=O)C[C@H](C#N)c1ccc(C(F)(F)F)cc1. The number of benzene rings is 1. The van der Waals surface area contributed by atoms with Gasteiger partial charge in [-0.2, -0.15) is 18.4 Å². The predicted octanol–water partition coefficient (Wildman–Crippen LogP) is 3.27. The molecule has 0 fully saturated rings. The minimum absolute atomic E-state index is 0.171. The monoisotopic (exact) mass is 271 g/mol. The lowest BCUT2D eigenvalue weighted by Crippen LogP contribution is -2.10. The molecule has 19 heavy (non-hydrogen) atoms. The molecule has 3 nitrogen and oxygen atoms in total. The molecule has 0 unspecified atom stereocenters. The summed E-state index contributed by atoms with van der Waals surface area (Å²) in [6, 6.07) is 6.08. The van der Waals surface area contributed by atoms with Crippen LogP contribution >= 0.6 is 0 Å². The Labute approximate surface area is 108 Å². The zero-order chi connectivity index (χ0) is 14.5. The fourth-order valence-corrected chi connectivity index (χ4v) is 1.53. The molecule has 0 aliphatic rings. The van der Waals surface area contributed by atoms with Gasteiger partial charge in [0.25, 0.3) is 0 Å². The lowest BCUT2D eigenvalue weighted by molar-refractivity contribution is -0.143. The molecule has 0 saturated heterocycles. The van der Waals surface area contributed by atoms with Gasteiger partial charge >= 0.3 is 12.1 Å². The standard InChI is InChI=1S/C13H12F3NO2/c1-2-19-12(18)7-10(8-17)9-3-5-11(6-4-9)13(14,15)16/h3-6,10H,2,7H2,1H3/t10-/m1/s1. The van der Waals surface area contributed by atoms with E-state index in [9.17, 15) is 18.0 Å². The van der Waals surface area contributed by atoms with Crippen molar-refractivity contribution < 1.29 is 22.7 Å². The maximum Gasteiger partial charge on any atom is 0.416 e. The van der Waals surface area contributed by atoms with E-state index < -0.39 is 23.6 Å². The van der Waals surface area contributed by atoms with E-state index in [4.69, 9.17) is 10.00 Å². The Morgan fingerprint density at radius 1 is 1.37 bits per heavy atom. The molecule has 0 saturated carbocycles. The number of esters is 1. The molecule has 6 heteroatoms. The first-order chi connectivity index (χ1) is 8.88. The third-order valence-electron chi connectivity index (χ3n) is 2.47. The number of hydrogen-bond acceptors (Lipinski definition) is 3. The molecular formula is C13H12F3NO2. The summed E-state index contributed by atoms with van der Waals surface area (Å²) >= 11 is 0. The molecule has 0 aromatic heterocycles. The van der Waals surface area contributed by atoms with Gasteiger partial charge < -0.3 is 4.74 Å². The molecule has 0 N–H and O–H groups in total. The molecule has 1 atom stereocenters. The van der Waals surface area contributed by atoms with Crippen molar-refractivity contribution in [2.45, 2.75) is 25.4 Å². The van der Waals surface area contributed by atoms with Crippen LogP contribution in [0.25, 0.3) is 0 Å². The fraction of sp³-hybridized carbons (Fsp3) is 0.385. The van der Waals surface area contributed by atoms with Crippen LogP contribution in [0, 0.1) is 11.3 Å². The molecule has 0 aliphatic heterocycles. The van der Waals surface area contributed by atoms with Crippen molar-refractivity contribution in [1.29, 1.82) is 5.26 Å². The fourth-order valence-electron chi connectivity index (χ4n) is 1.53. The molecule has 1 rings (SSSR count). The van der Waals surface area contributed by atoms with Gasteiger partial charge in [0.1, 0.15) is 0 Å². The molecule has 0 bridgehead atoms. The Bertz CT molecular complexity index is 474. The van der Waals surface area contributed by atoms with Gasteiger partial charge in [0.05, 0.1) is 30.6 Å². The molecule has 0 radical (unpaired) electrons. The van der Waals surface area contributed by atoms with Gasteiger partial charge in [0.2, 0.25) is 0 Å². The quantitative estimate of drug-likeness (QED) is 0.790. The molecule has 1 aromatic rings. The van der Waals surface area contributed by atoms with Crippen molar-refractivity contribution in [3.05, 3.63) is 35.4 Å². The summed E-state index contributed by atoms with van der Waals surface area (Å²) in [6.07, 6.45) is -4.59. The molecule has 0 heterocycles. The van der Waals surface area contributed by atoms with Crippen LogP contribution in [-0.4, -0.2) is 12.6 Å². The van der Waals surface area contributed by atoms with Gasteiger partial charge in [-0.25, -0.2) is 0 Å². The van der Waals surface area contributed by atoms with Crippen LogP contribution in [0.15, 0.2) is 24.3 Å². The Balaban J connectivity index is 2.83. The highest BCUT2D eigenvalue weighted by atomic mass is 19.4. The normalized spacial score (nSPS) is 12.6. The van der Waals surface area contributed by atoms with Crippen molar-refractivity contribution in [2.24, 2.45) is 0 Å². The third kappa shape index (κ3) is 4.28. The highest BCUT2D eigenvalue weighted by Gasteiger charge is 2.30. The first-order valence-corrected chi connectivity index (χ1v) is 5.61. The number of hydrogen-bond donors (Lipinski definition) is 0. The van der Waals surface area contributed by atoms with Crippen LogP contribution in [0.4, 0.5) is 13.2 Å². The molecule has 0 aliphatic carbocycles. The first-order valence-electron chi connectivity index (χ1n) is 5.61. The first kappa shape index (κ1) is 15.0. The second-order valence-corrected chi connectivity index (χ2v) is 3.81. The van der Waals surface area contributed by atoms with Crippen LogP contribution in [-0.2, 0) is 15.7 Å². The Morgan fingerprint density at radius 3 is 2.37 bits per heavy atom. The number of carbonyl (C=O) groups is 1. The highest BCUT2D eigenvalue weighted by Crippen LogP contribution is 2.30. The number of nitrogens with zero attached hydrogens (tertiary/aromatic N) is 1. The molecule has 1 aromatic carbocycles. The highest BCUT2D eigenvalue weighted by molar-refractivity contribution is 5.71. The third-order valence-corrected chi connectivity index (χ3v) is 2.47. The van der Waals surface area contributed by atoms with Gasteiger partial charge in [0.15, 0.2) is 0 Å². The Kier molecular flexibility index (Phi) is 4.93. The largest absolute Gasteiger partial charge is 0.466 e. The summed E-state index contributed by atoms with van der Waals surface area (Å²) in [5.41, 5.74) is -0.423. The second-order valence-electron chi connectivity index (χ2n) is 3.81. The van der Waals surface area contributed by atoms with Gasteiger partial charge in [-0.3, -0.25) is 4.79 Å². The lowest BCUT2D eigenvalue weighted by atomic mass is 9.96. The molecular weight excluding hydrogens is 259 g/mol. The van der Waals surface area contributed by atoms with Gasteiger partial charge in [-0.15, -0.1) is 0 Å². The summed E-state index contributed by atoms with van der Waals surface area (Å²) in [6.45, 7) is 1.83. The van der Waals surface area contributed by atoms with Gasteiger partial charge in [0, 0.05) is 0 Å². The van der Waals surface area contributed by atoms with Crippen LogP contribution in [0.2, 0.25) is 0 Å². The Morgan fingerprint density at radius 2 is 1.95 bits per heavy atom. The molecule has 0 amide bonds. The van der Waals surface area contributed by atoms with Crippen LogP contribution in [0.5, 0.6) is 0 Å². The van der Waals surface area contributed by atoms with E-state index in [0.29, 0.717) is 5.56 Å². The van der Waals surface area contributed by atoms with E-state index in [1.54, 1.807) is 6.92 Å². The number of rotatable bonds is 4. The van der Waals surface area contributed by atoms with Crippen molar-refractivity contribution in [3.63, 3.8) is 0 Å². The van der Waals surface area contributed by atoms with Gasteiger partial charge in [-0.05, 0) is 24.6 Å². The number of ether oxygens (including phenoxy) is 1. The predicted molar refractivity (Wildman–Crippen MR) is 61.0 cm³/mol. The minimum atomic E-state index is -4.41. The van der Waals surface area contributed by atoms with Crippen LogP contribution in [0.1, 0.15) is 30.4 Å². The Hall–Kier alpha value is -2.03. The summed E-state index contributed by atoms with van der Waals surface area (Å²) in [5, 5.41) is 8.95. The maximum absolute atomic E-state index is 12.4. The maximum atomic E-state index is 12.4. The van der Waals surface area contributed by atoms with Crippen LogP contribution < -0.4 is 0 Å². The second kappa shape index (κ2) is 6.23. The zero-order valence-corrected chi connectivity index (χ0v) is 10.2. The number of carbonyl (C=O) groups excluding carboxylic acids is 1. The number of halogens is 3. The van der Waals surface area contributed by atoms with E-state index in [2.05, 4.69) is 0 Å². The molecule has 0 spiro atoms. The van der Waals surface area contributed by atoms with Crippen LogP contribution in [0.3, 0.4) is 0 Å². The van der Waals surface area contributed by atoms with Crippen molar-refractivity contribution in [1.82, 2.24) is 0 Å². The summed E-state index contributed by atoms with van der Waals surface area (Å²) < 4.78 is 41.8. The van der Waals surface area contributed by atoms with E-state index in [-0.39, 0.29) is 13.0 Å². The molecule has 102 valence electrons. The van der Waals surface area contributed by atoms with E-state index in [1.165, 1.54) is 12.1 Å². The average molecular weight is 271 g/mol. The van der Waals surface area contributed by atoms with E-state index in [0.717, 1.165) is 12.1 Å². The van der Waals surface area contributed by atoms with E-state index >= 15 is 0 Å². The summed E-state index contributed by atoms with van der Waals surface area (Å²) in [4.78, 5) is 11.3. The average Bonchev–Trinajstić information content (AvgIpc) is 2.35. The van der Waals surface area contributed by atoms with Gasteiger partial charge in [-0.1, -0.05) is 12.1 Å². The van der Waals surface area contributed by atoms with Crippen molar-refractivity contribution >= 4 is 5.97 Å². The number of nitriles is 1. The topological polar surface area (TPSA) is 50.1 Å².